The number of nitrogens with two attached hydrogens (primary N) is 1. The first kappa shape index (κ1) is 14.7. The molecule has 0 saturated carbocycles. The number of amides is 1. The van der Waals surface area contributed by atoms with Crippen LogP contribution in [-0.2, 0) is 11.3 Å². The number of carbonyl (C=O) groups excluding carboxylic acids is 1. The van der Waals surface area contributed by atoms with E-state index in [0.717, 1.165) is 0 Å². The highest BCUT2D eigenvalue weighted by Gasteiger charge is 2.46. The molecule has 0 bridgehead atoms. The summed E-state index contributed by atoms with van der Waals surface area (Å²) < 4.78 is 39.6. The second kappa shape index (κ2) is 5.00. The molecular weight excluding hydrogens is 269 g/mol. The lowest BCUT2D eigenvalue weighted by atomic mass is 9.87. The average Bonchev–Trinajstić information content (AvgIpc) is 2.36. The Balaban J connectivity index is 2.46. The van der Waals surface area contributed by atoms with Crippen molar-refractivity contribution in [2.75, 3.05) is 12.3 Å². The van der Waals surface area contributed by atoms with Gasteiger partial charge in [-0.15, -0.1) is 0 Å². The lowest BCUT2D eigenvalue weighted by Gasteiger charge is -2.37. The highest BCUT2D eigenvalue weighted by molar-refractivity contribution is 5.79. The number of halogens is 3. The average molecular weight is 286 g/mol. The molecule has 2 rings (SSSR count). The van der Waals surface area contributed by atoms with Gasteiger partial charge in [0, 0.05) is 24.7 Å². The van der Waals surface area contributed by atoms with Crippen molar-refractivity contribution in [2.24, 2.45) is 5.92 Å². The number of hydrogen-bond donors (Lipinski definition) is 1. The Hall–Kier alpha value is -1.72. The molecule has 1 unspecified atom stereocenters. The summed E-state index contributed by atoms with van der Waals surface area (Å²) in [7, 11) is 0. The van der Waals surface area contributed by atoms with Crippen LogP contribution in [-0.4, -0.2) is 23.5 Å². The minimum absolute atomic E-state index is 0.144. The molecular formula is C14H17F3N2O. The zero-order valence-corrected chi connectivity index (χ0v) is 11.4. The maximum Gasteiger partial charge on any atom is 0.397 e. The van der Waals surface area contributed by atoms with Crippen LogP contribution in [0.5, 0.6) is 0 Å². The van der Waals surface area contributed by atoms with Crippen LogP contribution in [0.1, 0.15) is 30.9 Å². The van der Waals surface area contributed by atoms with Gasteiger partial charge in [-0.2, -0.15) is 13.2 Å². The third-order valence-electron chi connectivity index (χ3n) is 3.58. The predicted molar refractivity (Wildman–Crippen MR) is 69.9 cm³/mol. The molecule has 0 saturated heterocycles. The molecule has 3 nitrogen and oxygen atoms in total. The predicted octanol–water partition coefficient (Wildman–Crippen LogP) is 2.91. The van der Waals surface area contributed by atoms with Gasteiger partial charge >= 0.3 is 6.18 Å². The molecule has 2 N–H and O–H groups in total. The molecule has 1 atom stereocenters. The van der Waals surface area contributed by atoms with Crippen molar-refractivity contribution in [2.45, 2.75) is 32.5 Å². The van der Waals surface area contributed by atoms with Crippen LogP contribution in [0.4, 0.5) is 18.9 Å². The van der Waals surface area contributed by atoms with Crippen molar-refractivity contribution < 1.29 is 18.0 Å². The first-order chi connectivity index (χ1) is 9.21. The van der Waals surface area contributed by atoms with Crippen LogP contribution in [0.25, 0.3) is 0 Å². The normalized spacial score (nSPS) is 19.1. The van der Waals surface area contributed by atoms with Crippen molar-refractivity contribution in [3.05, 3.63) is 29.3 Å². The van der Waals surface area contributed by atoms with E-state index in [2.05, 4.69) is 0 Å². The number of nitrogen functional groups attached to an aromatic ring is 1. The summed E-state index contributed by atoms with van der Waals surface area (Å²) in [5.74, 6) is -2.29. The molecule has 1 aromatic rings. The van der Waals surface area contributed by atoms with Crippen LogP contribution < -0.4 is 5.73 Å². The van der Waals surface area contributed by atoms with E-state index in [1.807, 2.05) is 0 Å². The zero-order valence-electron chi connectivity index (χ0n) is 11.4. The van der Waals surface area contributed by atoms with Crippen molar-refractivity contribution in [3.8, 4) is 0 Å². The molecule has 6 heteroatoms. The van der Waals surface area contributed by atoms with E-state index in [-0.39, 0.29) is 30.5 Å². The van der Waals surface area contributed by atoms with Crippen LogP contribution in [0.2, 0.25) is 0 Å². The molecule has 110 valence electrons. The van der Waals surface area contributed by atoms with Crippen molar-refractivity contribution >= 4 is 11.6 Å². The largest absolute Gasteiger partial charge is 0.398 e. The fraction of sp³-hybridized carbons (Fsp3) is 0.500. The van der Waals surface area contributed by atoms with E-state index in [1.54, 1.807) is 19.9 Å². The summed E-state index contributed by atoms with van der Waals surface area (Å²) in [6.07, 6.45) is -4.39. The van der Waals surface area contributed by atoms with Crippen LogP contribution in [0, 0.1) is 5.92 Å². The van der Waals surface area contributed by atoms with E-state index < -0.39 is 12.1 Å². The van der Waals surface area contributed by atoms with E-state index >= 15 is 0 Å². The molecule has 1 amide bonds. The van der Waals surface area contributed by atoms with Gasteiger partial charge in [-0.3, -0.25) is 4.79 Å². The van der Waals surface area contributed by atoms with E-state index in [4.69, 9.17) is 5.73 Å². The third kappa shape index (κ3) is 2.59. The summed E-state index contributed by atoms with van der Waals surface area (Å²) in [6, 6.07) is 4.53. The van der Waals surface area contributed by atoms with Gasteiger partial charge in [-0.25, -0.2) is 0 Å². The van der Waals surface area contributed by atoms with Crippen LogP contribution in [0.3, 0.4) is 0 Å². The van der Waals surface area contributed by atoms with Crippen LogP contribution >= 0.6 is 0 Å². The molecule has 1 aliphatic rings. The van der Waals surface area contributed by atoms with E-state index in [0.29, 0.717) is 11.3 Å². The Bertz CT molecular complexity index is 526. The lowest BCUT2D eigenvalue weighted by Crippen LogP contribution is -2.44. The fourth-order valence-electron chi connectivity index (χ4n) is 2.52. The van der Waals surface area contributed by atoms with Gasteiger partial charge < -0.3 is 10.6 Å². The Labute approximate surface area is 115 Å². The van der Waals surface area contributed by atoms with E-state index in [9.17, 15) is 18.0 Å². The smallest absolute Gasteiger partial charge is 0.397 e. The Morgan fingerprint density at radius 3 is 2.60 bits per heavy atom. The topological polar surface area (TPSA) is 46.3 Å². The van der Waals surface area contributed by atoms with Gasteiger partial charge in [0.15, 0.2) is 0 Å². The lowest BCUT2D eigenvalue weighted by molar-refractivity contribution is -0.162. The highest BCUT2D eigenvalue weighted by atomic mass is 19.4. The van der Waals surface area contributed by atoms with Crippen LogP contribution in [0.15, 0.2) is 18.2 Å². The summed E-state index contributed by atoms with van der Waals surface area (Å²) in [5.41, 5.74) is 6.68. The summed E-state index contributed by atoms with van der Waals surface area (Å²) >= 11 is 0. The van der Waals surface area contributed by atoms with Crippen molar-refractivity contribution in [1.82, 2.24) is 4.90 Å². The number of fused-ring (bicyclic) bond motifs is 1. The quantitative estimate of drug-likeness (QED) is 0.807. The zero-order chi connectivity index (χ0) is 15.1. The molecule has 0 spiro atoms. The molecule has 0 fully saturated rings. The third-order valence-corrected chi connectivity index (χ3v) is 3.58. The molecule has 0 radical (unpaired) electrons. The minimum Gasteiger partial charge on any atom is -0.398 e. The van der Waals surface area contributed by atoms with Gasteiger partial charge in [0.1, 0.15) is 0 Å². The second-order valence-corrected chi connectivity index (χ2v) is 5.38. The van der Waals surface area contributed by atoms with Crippen molar-refractivity contribution in [3.63, 3.8) is 0 Å². The highest BCUT2D eigenvalue weighted by Crippen LogP contribution is 2.42. The Morgan fingerprint density at radius 1 is 1.40 bits per heavy atom. The van der Waals surface area contributed by atoms with Gasteiger partial charge in [0.25, 0.3) is 0 Å². The molecule has 1 aromatic carbocycles. The summed E-state index contributed by atoms with van der Waals surface area (Å²) in [5, 5.41) is 0. The molecule has 0 aliphatic carbocycles. The second-order valence-electron chi connectivity index (χ2n) is 5.38. The van der Waals surface area contributed by atoms with Gasteiger partial charge in [-0.05, 0) is 17.2 Å². The summed E-state index contributed by atoms with van der Waals surface area (Å²) in [6.45, 7) is 3.16. The number of benzene rings is 1. The fourth-order valence-corrected chi connectivity index (χ4v) is 2.52. The number of hydrogen-bond acceptors (Lipinski definition) is 2. The summed E-state index contributed by atoms with van der Waals surface area (Å²) in [4.78, 5) is 13.3. The first-order valence-corrected chi connectivity index (χ1v) is 6.44. The molecule has 20 heavy (non-hydrogen) atoms. The molecule has 0 aromatic heterocycles. The maximum atomic E-state index is 13.2. The van der Waals surface area contributed by atoms with E-state index in [1.165, 1.54) is 17.0 Å². The monoisotopic (exact) mass is 286 g/mol. The van der Waals surface area contributed by atoms with Gasteiger partial charge in [0.2, 0.25) is 5.91 Å². The number of nitrogens with zero attached hydrogens (tertiary/aromatic N) is 1. The Morgan fingerprint density at radius 2 is 2.05 bits per heavy atom. The molecule has 1 aliphatic heterocycles. The SMILES string of the molecule is CC(C)C(=O)N1Cc2c(N)cccc2C(C(F)(F)F)C1. The first-order valence-electron chi connectivity index (χ1n) is 6.44. The van der Waals surface area contributed by atoms with Gasteiger partial charge in [0.05, 0.1) is 5.92 Å². The van der Waals surface area contributed by atoms with Gasteiger partial charge in [-0.1, -0.05) is 26.0 Å². The minimum atomic E-state index is -4.39. The number of anilines is 1. The number of carbonyl (C=O) groups is 1. The molecule has 1 heterocycles. The van der Waals surface area contributed by atoms with Crippen molar-refractivity contribution in [1.29, 1.82) is 0 Å². The standard InChI is InChI=1S/C14H17F3N2O/c1-8(2)13(20)19-6-10-9(4-3-5-12(10)18)11(7-19)14(15,16)17/h3-5,8,11H,6-7,18H2,1-2H3. The maximum absolute atomic E-state index is 13.2. The Kier molecular flexibility index (Phi) is 3.67. The number of alkyl halides is 3. The number of rotatable bonds is 1.